The maximum atomic E-state index is 13.1. The minimum absolute atomic E-state index is 0.0216. The Morgan fingerprint density at radius 3 is 2.45 bits per heavy atom. The summed E-state index contributed by atoms with van der Waals surface area (Å²) in [6, 6.07) is 11.6. The predicted octanol–water partition coefficient (Wildman–Crippen LogP) is 4.69. The first-order chi connectivity index (χ1) is 13.8. The Kier molecular flexibility index (Phi) is 5.23. The number of benzene rings is 2. The van der Waals surface area contributed by atoms with Crippen molar-refractivity contribution in [3.05, 3.63) is 65.5 Å². The van der Waals surface area contributed by atoms with E-state index in [-0.39, 0.29) is 23.6 Å². The van der Waals surface area contributed by atoms with Crippen LogP contribution < -0.4 is 4.90 Å². The number of carbonyl (C=O) groups is 1. The van der Waals surface area contributed by atoms with Gasteiger partial charge in [-0.15, -0.1) is 0 Å². The van der Waals surface area contributed by atoms with E-state index in [0.717, 1.165) is 30.8 Å². The second-order valence-corrected chi connectivity index (χ2v) is 7.71. The molecule has 154 valence electrons. The van der Waals surface area contributed by atoms with Crippen LogP contribution in [-0.4, -0.2) is 37.0 Å². The van der Waals surface area contributed by atoms with Crippen molar-refractivity contribution in [2.24, 2.45) is 5.92 Å². The van der Waals surface area contributed by atoms with Gasteiger partial charge in [0, 0.05) is 37.8 Å². The molecule has 2 fully saturated rings. The highest BCUT2D eigenvalue weighted by Crippen LogP contribution is 2.49. The van der Waals surface area contributed by atoms with Gasteiger partial charge in [-0.3, -0.25) is 4.79 Å². The van der Waals surface area contributed by atoms with Gasteiger partial charge in [0.1, 0.15) is 5.82 Å². The zero-order valence-corrected chi connectivity index (χ0v) is 15.8. The van der Waals surface area contributed by atoms with Crippen LogP contribution in [0.4, 0.5) is 23.2 Å². The van der Waals surface area contributed by atoms with Crippen molar-refractivity contribution in [3.63, 3.8) is 0 Å². The molecule has 1 saturated heterocycles. The van der Waals surface area contributed by atoms with Gasteiger partial charge in [-0.05, 0) is 54.7 Å². The molecule has 1 aliphatic carbocycles. The lowest BCUT2D eigenvalue weighted by atomic mass is 10.0. The number of carbonyl (C=O) groups excluding carboxylic acids is 1. The lowest BCUT2D eigenvalue weighted by molar-refractivity contribution is -0.137. The Labute approximate surface area is 166 Å². The quantitative estimate of drug-likeness (QED) is 0.691. The fraction of sp³-hybridized carbons (Fsp3) is 0.409. The summed E-state index contributed by atoms with van der Waals surface area (Å²) in [5.74, 6) is -0.639. The molecule has 3 nitrogen and oxygen atoms in total. The van der Waals surface area contributed by atoms with Crippen LogP contribution in [-0.2, 0) is 11.0 Å². The highest BCUT2D eigenvalue weighted by molar-refractivity contribution is 5.83. The van der Waals surface area contributed by atoms with Gasteiger partial charge >= 0.3 is 6.18 Å². The number of rotatable bonds is 3. The zero-order chi connectivity index (χ0) is 20.6. The minimum atomic E-state index is -4.38. The van der Waals surface area contributed by atoms with E-state index in [9.17, 15) is 22.4 Å². The SMILES string of the molecule is O=C(C1CC1c1cccc(C(F)(F)F)c1)N1CCCN(c2ccc(F)cc2)CC1. The standard InChI is InChI=1S/C22H22F4N2O/c23-17-5-7-18(8-6-17)27-9-2-10-28(12-11-27)21(29)20-14-19(20)15-3-1-4-16(13-15)22(24,25)26/h1,3-8,13,19-20H,2,9-12,14H2. The molecular weight excluding hydrogens is 384 g/mol. The summed E-state index contributed by atoms with van der Waals surface area (Å²) >= 11 is 0. The van der Waals surface area contributed by atoms with E-state index < -0.39 is 11.7 Å². The number of alkyl halides is 3. The fourth-order valence-electron chi connectivity index (χ4n) is 4.06. The van der Waals surface area contributed by atoms with Crippen molar-refractivity contribution < 1.29 is 22.4 Å². The van der Waals surface area contributed by atoms with Crippen molar-refractivity contribution in [1.82, 2.24) is 4.90 Å². The van der Waals surface area contributed by atoms with Crippen molar-refractivity contribution in [3.8, 4) is 0 Å². The molecule has 1 saturated carbocycles. The largest absolute Gasteiger partial charge is 0.416 e. The molecule has 1 aliphatic heterocycles. The second-order valence-electron chi connectivity index (χ2n) is 7.71. The van der Waals surface area contributed by atoms with Gasteiger partial charge in [0.15, 0.2) is 0 Å². The van der Waals surface area contributed by atoms with E-state index in [1.807, 2.05) is 4.90 Å². The third-order valence-corrected chi connectivity index (χ3v) is 5.75. The molecule has 0 radical (unpaired) electrons. The summed E-state index contributed by atoms with van der Waals surface area (Å²) in [5, 5.41) is 0. The first-order valence-electron chi connectivity index (χ1n) is 9.79. The van der Waals surface area contributed by atoms with Gasteiger partial charge in [-0.2, -0.15) is 13.2 Å². The number of halogens is 4. The maximum absolute atomic E-state index is 13.1. The van der Waals surface area contributed by atoms with E-state index in [0.29, 0.717) is 31.6 Å². The second kappa shape index (κ2) is 7.69. The van der Waals surface area contributed by atoms with Gasteiger partial charge < -0.3 is 9.80 Å². The smallest absolute Gasteiger partial charge is 0.370 e. The van der Waals surface area contributed by atoms with E-state index >= 15 is 0 Å². The minimum Gasteiger partial charge on any atom is -0.370 e. The number of amides is 1. The molecule has 29 heavy (non-hydrogen) atoms. The summed E-state index contributed by atoms with van der Waals surface area (Å²) < 4.78 is 52.0. The van der Waals surface area contributed by atoms with Crippen LogP contribution in [0.3, 0.4) is 0 Å². The molecule has 2 aliphatic rings. The third kappa shape index (κ3) is 4.38. The molecule has 4 rings (SSSR count). The molecule has 1 heterocycles. The first kappa shape index (κ1) is 19.7. The van der Waals surface area contributed by atoms with Gasteiger partial charge in [-0.25, -0.2) is 4.39 Å². The molecule has 1 amide bonds. The molecule has 2 aromatic rings. The summed E-state index contributed by atoms with van der Waals surface area (Å²) in [7, 11) is 0. The highest BCUT2D eigenvalue weighted by atomic mass is 19.4. The number of hydrogen-bond acceptors (Lipinski definition) is 2. The average molecular weight is 406 g/mol. The van der Waals surface area contributed by atoms with E-state index in [1.54, 1.807) is 18.2 Å². The monoisotopic (exact) mass is 406 g/mol. The number of anilines is 1. The van der Waals surface area contributed by atoms with Crippen LogP contribution in [0.25, 0.3) is 0 Å². The lowest BCUT2D eigenvalue weighted by Gasteiger charge is -2.24. The third-order valence-electron chi connectivity index (χ3n) is 5.75. The Balaban J connectivity index is 1.38. The Hall–Kier alpha value is -2.57. The summed E-state index contributed by atoms with van der Waals surface area (Å²) in [4.78, 5) is 16.9. The van der Waals surface area contributed by atoms with Crippen molar-refractivity contribution in [2.45, 2.75) is 24.9 Å². The van der Waals surface area contributed by atoms with Crippen LogP contribution in [0.5, 0.6) is 0 Å². The van der Waals surface area contributed by atoms with Gasteiger partial charge in [0.2, 0.25) is 5.91 Å². The van der Waals surface area contributed by atoms with Crippen LogP contribution in [0.15, 0.2) is 48.5 Å². The summed E-state index contributed by atoms with van der Waals surface area (Å²) in [5.41, 5.74) is 0.840. The fourth-order valence-corrected chi connectivity index (χ4v) is 4.06. The molecule has 0 spiro atoms. The molecular formula is C22H22F4N2O. The van der Waals surface area contributed by atoms with Crippen molar-refractivity contribution in [2.75, 3.05) is 31.1 Å². The van der Waals surface area contributed by atoms with Crippen LogP contribution in [0.1, 0.15) is 29.9 Å². The summed E-state index contributed by atoms with van der Waals surface area (Å²) in [6.07, 6.45) is -2.98. The van der Waals surface area contributed by atoms with Gasteiger partial charge in [-0.1, -0.05) is 18.2 Å². The molecule has 7 heteroatoms. The zero-order valence-electron chi connectivity index (χ0n) is 15.8. The molecule has 0 aromatic heterocycles. The van der Waals surface area contributed by atoms with Crippen LogP contribution in [0, 0.1) is 11.7 Å². The van der Waals surface area contributed by atoms with Crippen LogP contribution >= 0.6 is 0 Å². The molecule has 0 bridgehead atoms. The normalized spacial score (nSPS) is 22.3. The Bertz CT molecular complexity index is 881. The number of hydrogen-bond donors (Lipinski definition) is 0. The lowest BCUT2D eigenvalue weighted by Crippen LogP contribution is -2.36. The van der Waals surface area contributed by atoms with E-state index in [4.69, 9.17) is 0 Å². The average Bonchev–Trinajstić information content (AvgIpc) is 3.51. The molecule has 2 atom stereocenters. The summed E-state index contributed by atoms with van der Waals surface area (Å²) in [6.45, 7) is 2.61. The maximum Gasteiger partial charge on any atom is 0.416 e. The van der Waals surface area contributed by atoms with Crippen molar-refractivity contribution in [1.29, 1.82) is 0 Å². The Morgan fingerprint density at radius 2 is 1.72 bits per heavy atom. The molecule has 2 aromatic carbocycles. The number of nitrogens with zero attached hydrogens (tertiary/aromatic N) is 2. The van der Waals surface area contributed by atoms with E-state index in [2.05, 4.69) is 4.90 Å². The van der Waals surface area contributed by atoms with Gasteiger partial charge in [0.05, 0.1) is 5.56 Å². The van der Waals surface area contributed by atoms with Crippen LogP contribution in [0.2, 0.25) is 0 Å². The van der Waals surface area contributed by atoms with Gasteiger partial charge in [0.25, 0.3) is 0 Å². The first-order valence-corrected chi connectivity index (χ1v) is 9.79. The topological polar surface area (TPSA) is 23.6 Å². The van der Waals surface area contributed by atoms with E-state index in [1.165, 1.54) is 18.2 Å². The highest BCUT2D eigenvalue weighted by Gasteiger charge is 2.46. The predicted molar refractivity (Wildman–Crippen MR) is 102 cm³/mol. The Morgan fingerprint density at radius 1 is 0.966 bits per heavy atom. The molecule has 0 N–H and O–H groups in total. The van der Waals surface area contributed by atoms with Crippen molar-refractivity contribution >= 4 is 11.6 Å². The molecule has 2 unspecified atom stereocenters.